The van der Waals surface area contributed by atoms with Crippen LogP contribution in [0.3, 0.4) is 0 Å². The Morgan fingerprint density at radius 1 is 1.32 bits per heavy atom. The van der Waals surface area contributed by atoms with E-state index in [0.717, 1.165) is 24.9 Å². The Bertz CT molecular complexity index is 613. The van der Waals surface area contributed by atoms with Crippen LogP contribution in [0.25, 0.3) is 11.4 Å². The van der Waals surface area contributed by atoms with E-state index in [1.54, 1.807) is 0 Å². The zero-order valence-electron chi connectivity index (χ0n) is 12.4. The molecule has 1 heterocycles. The summed E-state index contributed by atoms with van der Waals surface area (Å²) >= 11 is 5.99. The summed E-state index contributed by atoms with van der Waals surface area (Å²) in [5.74, 6) is 1.20. The van der Waals surface area contributed by atoms with E-state index in [9.17, 15) is 0 Å². The van der Waals surface area contributed by atoms with Crippen LogP contribution in [0.2, 0.25) is 5.02 Å². The third kappa shape index (κ3) is 4.06. The second-order valence-corrected chi connectivity index (χ2v) is 6.09. The van der Waals surface area contributed by atoms with E-state index < -0.39 is 0 Å². The third-order valence-corrected chi connectivity index (χ3v) is 4.04. The van der Waals surface area contributed by atoms with Crippen molar-refractivity contribution in [2.24, 2.45) is 0 Å². The van der Waals surface area contributed by atoms with Gasteiger partial charge in [-0.1, -0.05) is 28.9 Å². The zero-order chi connectivity index (χ0) is 15.4. The molecule has 1 aromatic heterocycles. The Labute approximate surface area is 134 Å². The van der Waals surface area contributed by atoms with Gasteiger partial charge < -0.3 is 9.63 Å². The topological polar surface area (TPSA) is 62.4 Å². The summed E-state index contributed by atoms with van der Waals surface area (Å²) in [6.45, 7) is 1.88. The van der Waals surface area contributed by atoms with Crippen molar-refractivity contribution in [3.05, 3.63) is 35.2 Å². The van der Waals surface area contributed by atoms with Gasteiger partial charge >= 0.3 is 0 Å². The summed E-state index contributed by atoms with van der Waals surface area (Å²) in [6, 6.07) is 8.07. The highest BCUT2D eigenvalue weighted by Crippen LogP contribution is 2.29. The second-order valence-electron chi connectivity index (χ2n) is 5.65. The van der Waals surface area contributed by atoms with Crippen LogP contribution in [0, 0.1) is 0 Å². The van der Waals surface area contributed by atoms with E-state index in [0.29, 0.717) is 29.3 Å². The van der Waals surface area contributed by atoms with E-state index >= 15 is 0 Å². The van der Waals surface area contributed by atoms with Gasteiger partial charge in [-0.15, -0.1) is 0 Å². The maximum atomic E-state index is 8.90. The molecule has 2 aromatic rings. The van der Waals surface area contributed by atoms with E-state index in [1.165, 1.54) is 12.8 Å². The SMILES string of the molecule is OCCCCN(Cc1nc(-c2cccc(Cl)c2)no1)C1CC1. The molecule has 6 heteroatoms. The summed E-state index contributed by atoms with van der Waals surface area (Å²) in [7, 11) is 0. The second kappa shape index (κ2) is 7.22. The van der Waals surface area contributed by atoms with Crippen molar-refractivity contribution in [1.29, 1.82) is 0 Å². The lowest BCUT2D eigenvalue weighted by Gasteiger charge is -2.19. The molecule has 0 aliphatic heterocycles. The number of halogens is 1. The van der Waals surface area contributed by atoms with Gasteiger partial charge in [0.25, 0.3) is 0 Å². The molecule has 0 unspecified atom stereocenters. The molecule has 1 aliphatic carbocycles. The molecule has 0 radical (unpaired) electrons. The number of rotatable bonds is 8. The Balaban J connectivity index is 1.65. The number of nitrogens with zero attached hydrogens (tertiary/aromatic N) is 3. The highest BCUT2D eigenvalue weighted by atomic mass is 35.5. The molecule has 1 saturated carbocycles. The minimum Gasteiger partial charge on any atom is -0.396 e. The Morgan fingerprint density at radius 2 is 2.18 bits per heavy atom. The first-order valence-electron chi connectivity index (χ1n) is 7.69. The molecular formula is C16H20ClN3O2. The lowest BCUT2D eigenvalue weighted by atomic mass is 10.2. The van der Waals surface area contributed by atoms with Crippen molar-refractivity contribution in [2.75, 3.05) is 13.2 Å². The fraction of sp³-hybridized carbons (Fsp3) is 0.500. The molecule has 0 bridgehead atoms. The van der Waals surface area contributed by atoms with Gasteiger partial charge in [-0.05, 0) is 44.4 Å². The monoisotopic (exact) mass is 321 g/mol. The lowest BCUT2D eigenvalue weighted by Crippen LogP contribution is -2.27. The maximum absolute atomic E-state index is 8.90. The van der Waals surface area contributed by atoms with Crippen LogP contribution >= 0.6 is 11.6 Å². The normalized spacial score (nSPS) is 14.7. The zero-order valence-corrected chi connectivity index (χ0v) is 13.2. The lowest BCUT2D eigenvalue weighted by molar-refractivity contribution is 0.203. The van der Waals surface area contributed by atoms with Crippen LogP contribution in [-0.2, 0) is 6.54 Å². The van der Waals surface area contributed by atoms with Crippen molar-refractivity contribution in [3.63, 3.8) is 0 Å². The summed E-state index contributed by atoms with van der Waals surface area (Å²) in [5.41, 5.74) is 0.862. The quantitative estimate of drug-likeness (QED) is 0.757. The molecule has 0 spiro atoms. The first-order valence-corrected chi connectivity index (χ1v) is 8.07. The number of aliphatic hydroxyl groups excluding tert-OH is 1. The maximum Gasteiger partial charge on any atom is 0.241 e. The van der Waals surface area contributed by atoms with Gasteiger partial charge in [0.15, 0.2) is 0 Å². The van der Waals surface area contributed by atoms with E-state index in [-0.39, 0.29) is 6.61 Å². The summed E-state index contributed by atoms with van der Waals surface area (Å²) < 4.78 is 5.38. The fourth-order valence-corrected chi connectivity index (χ4v) is 2.69. The predicted molar refractivity (Wildman–Crippen MR) is 84.5 cm³/mol. The molecular weight excluding hydrogens is 302 g/mol. The van der Waals surface area contributed by atoms with Gasteiger partial charge in [0.1, 0.15) is 0 Å². The average molecular weight is 322 g/mol. The van der Waals surface area contributed by atoms with Crippen LogP contribution < -0.4 is 0 Å². The van der Waals surface area contributed by atoms with E-state index in [4.69, 9.17) is 21.2 Å². The molecule has 0 atom stereocenters. The molecule has 1 N–H and O–H groups in total. The minimum atomic E-state index is 0.248. The first-order chi connectivity index (χ1) is 10.8. The molecule has 3 rings (SSSR count). The molecule has 0 saturated heterocycles. The summed E-state index contributed by atoms with van der Waals surface area (Å²) in [6.07, 6.45) is 4.28. The van der Waals surface area contributed by atoms with Crippen LogP contribution in [0.15, 0.2) is 28.8 Å². The summed E-state index contributed by atoms with van der Waals surface area (Å²) in [5, 5.41) is 13.6. The Hall–Kier alpha value is -1.43. The number of hydrogen-bond acceptors (Lipinski definition) is 5. The largest absolute Gasteiger partial charge is 0.396 e. The third-order valence-electron chi connectivity index (χ3n) is 3.81. The Kier molecular flexibility index (Phi) is 5.08. The smallest absolute Gasteiger partial charge is 0.241 e. The molecule has 0 amide bonds. The number of unbranched alkanes of at least 4 members (excludes halogenated alkanes) is 1. The van der Waals surface area contributed by atoms with Crippen molar-refractivity contribution < 1.29 is 9.63 Å². The molecule has 22 heavy (non-hydrogen) atoms. The minimum absolute atomic E-state index is 0.248. The highest BCUT2D eigenvalue weighted by molar-refractivity contribution is 6.30. The van der Waals surface area contributed by atoms with Crippen LogP contribution in [0.4, 0.5) is 0 Å². The number of hydrogen-bond donors (Lipinski definition) is 1. The molecule has 118 valence electrons. The van der Waals surface area contributed by atoms with Gasteiger partial charge in [0.05, 0.1) is 6.54 Å². The van der Waals surface area contributed by atoms with E-state index in [2.05, 4.69) is 15.0 Å². The van der Waals surface area contributed by atoms with Crippen molar-refractivity contribution in [3.8, 4) is 11.4 Å². The number of benzene rings is 1. The van der Waals surface area contributed by atoms with Crippen LogP contribution in [-0.4, -0.2) is 39.3 Å². The fourth-order valence-electron chi connectivity index (χ4n) is 2.49. The standard InChI is InChI=1S/C16H20ClN3O2/c17-13-5-3-4-12(10-13)16-18-15(22-19-16)11-20(14-6-7-14)8-1-2-9-21/h3-5,10,14,21H,1-2,6-9,11H2. The van der Waals surface area contributed by atoms with Gasteiger partial charge in [-0.25, -0.2) is 0 Å². The van der Waals surface area contributed by atoms with Gasteiger partial charge in [-0.2, -0.15) is 4.98 Å². The van der Waals surface area contributed by atoms with Gasteiger partial charge in [0.2, 0.25) is 11.7 Å². The Morgan fingerprint density at radius 3 is 2.91 bits per heavy atom. The predicted octanol–water partition coefficient (Wildman–Crippen LogP) is 3.13. The van der Waals surface area contributed by atoms with Gasteiger partial charge in [0, 0.05) is 23.2 Å². The average Bonchev–Trinajstić information content (AvgIpc) is 3.26. The highest BCUT2D eigenvalue weighted by Gasteiger charge is 2.29. The van der Waals surface area contributed by atoms with Crippen molar-refractivity contribution in [1.82, 2.24) is 15.0 Å². The number of aromatic nitrogens is 2. The van der Waals surface area contributed by atoms with Crippen LogP contribution in [0.1, 0.15) is 31.6 Å². The number of aliphatic hydroxyl groups is 1. The van der Waals surface area contributed by atoms with Crippen molar-refractivity contribution in [2.45, 2.75) is 38.3 Å². The molecule has 1 aliphatic rings. The first kappa shape index (κ1) is 15.5. The molecule has 5 nitrogen and oxygen atoms in total. The van der Waals surface area contributed by atoms with Crippen molar-refractivity contribution >= 4 is 11.6 Å². The summed E-state index contributed by atoms with van der Waals surface area (Å²) in [4.78, 5) is 6.84. The molecule has 1 aromatic carbocycles. The van der Waals surface area contributed by atoms with E-state index in [1.807, 2.05) is 24.3 Å². The van der Waals surface area contributed by atoms with Gasteiger partial charge in [-0.3, -0.25) is 4.90 Å². The molecule has 1 fully saturated rings. The van der Waals surface area contributed by atoms with Crippen LogP contribution in [0.5, 0.6) is 0 Å².